The first-order valence-corrected chi connectivity index (χ1v) is 5.82. The molecule has 0 bridgehead atoms. The van der Waals surface area contributed by atoms with Crippen LogP contribution in [0.4, 0.5) is 0 Å². The molecule has 1 rings (SSSR count). The minimum Gasteiger partial charge on any atom is -0.380 e. The Kier molecular flexibility index (Phi) is 6.15. The summed E-state index contributed by atoms with van der Waals surface area (Å²) in [6, 6.07) is 0.719. The molecular weight excluding hydrogens is 176 g/mol. The molecule has 1 N–H and O–H groups in total. The van der Waals surface area contributed by atoms with Gasteiger partial charge in [-0.2, -0.15) is 0 Å². The van der Waals surface area contributed by atoms with Crippen molar-refractivity contribution in [1.29, 1.82) is 0 Å². The summed E-state index contributed by atoms with van der Waals surface area (Å²) in [5.74, 6) is 0. The lowest BCUT2D eigenvalue weighted by Crippen LogP contribution is -2.41. The van der Waals surface area contributed by atoms with Crippen LogP contribution in [0.25, 0.3) is 0 Å². The number of ether oxygens (including phenoxy) is 1. The van der Waals surface area contributed by atoms with Crippen molar-refractivity contribution in [2.45, 2.75) is 32.2 Å². The molecule has 0 radical (unpaired) electrons. The smallest absolute Gasteiger partial charge is 0.0590 e. The van der Waals surface area contributed by atoms with Crippen LogP contribution < -0.4 is 5.32 Å². The van der Waals surface area contributed by atoms with Crippen molar-refractivity contribution in [2.24, 2.45) is 0 Å². The SMILES string of the molecule is CCCOCCNC1CCN(C)CC1. The van der Waals surface area contributed by atoms with Crippen LogP contribution in [0, 0.1) is 0 Å². The predicted molar refractivity (Wildman–Crippen MR) is 59.6 cm³/mol. The van der Waals surface area contributed by atoms with Crippen LogP contribution in [-0.2, 0) is 4.74 Å². The molecule has 0 aromatic rings. The van der Waals surface area contributed by atoms with E-state index >= 15 is 0 Å². The zero-order valence-corrected chi connectivity index (χ0v) is 9.59. The van der Waals surface area contributed by atoms with Gasteiger partial charge in [0.25, 0.3) is 0 Å². The fraction of sp³-hybridized carbons (Fsp3) is 1.00. The van der Waals surface area contributed by atoms with E-state index in [1.54, 1.807) is 0 Å². The Morgan fingerprint density at radius 3 is 2.64 bits per heavy atom. The highest BCUT2D eigenvalue weighted by Gasteiger charge is 2.15. The maximum Gasteiger partial charge on any atom is 0.0590 e. The zero-order valence-electron chi connectivity index (χ0n) is 9.59. The van der Waals surface area contributed by atoms with Gasteiger partial charge >= 0.3 is 0 Å². The van der Waals surface area contributed by atoms with Crippen LogP contribution in [0.1, 0.15) is 26.2 Å². The van der Waals surface area contributed by atoms with E-state index in [4.69, 9.17) is 4.74 Å². The summed E-state index contributed by atoms with van der Waals surface area (Å²) >= 11 is 0. The topological polar surface area (TPSA) is 24.5 Å². The molecule has 0 aromatic carbocycles. The molecule has 0 saturated carbocycles. The van der Waals surface area contributed by atoms with E-state index in [1.807, 2.05) is 0 Å². The molecule has 1 heterocycles. The third-order valence-electron chi connectivity index (χ3n) is 2.75. The van der Waals surface area contributed by atoms with Gasteiger partial charge in [-0.25, -0.2) is 0 Å². The van der Waals surface area contributed by atoms with Crippen LogP contribution in [0.5, 0.6) is 0 Å². The van der Waals surface area contributed by atoms with Gasteiger partial charge in [0.05, 0.1) is 6.61 Å². The summed E-state index contributed by atoms with van der Waals surface area (Å²) in [6.07, 6.45) is 3.68. The standard InChI is InChI=1S/C11H24N2O/c1-3-9-14-10-6-12-11-4-7-13(2)8-5-11/h11-12H,3-10H2,1-2H3. The van der Waals surface area contributed by atoms with Gasteiger partial charge in [-0.05, 0) is 39.4 Å². The molecule has 0 unspecified atom stereocenters. The average molecular weight is 200 g/mol. The summed E-state index contributed by atoms with van der Waals surface area (Å²) < 4.78 is 5.42. The normalized spacial score (nSPS) is 20.1. The average Bonchev–Trinajstić information content (AvgIpc) is 2.21. The fourth-order valence-electron chi connectivity index (χ4n) is 1.79. The molecule has 3 nitrogen and oxygen atoms in total. The van der Waals surface area contributed by atoms with Gasteiger partial charge in [0.2, 0.25) is 0 Å². The molecule has 0 spiro atoms. The van der Waals surface area contributed by atoms with Crippen molar-refractivity contribution < 1.29 is 4.74 Å². The molecule has 1 fully saturated rings. The monoisotopic (exact) mass is 200 g/mol. The fourth-order valence-corrected chi connectivity index (χ4v) is 1.79. The van der Waals surface area contributed by atoms with Crippen molar-refractivity contribution in [3.63, 3.8) is 0 Å². The second-order valence-electron chi connectivity index (χ2n) is 4.14. The summed E-state index contributed by atoms with van der Waals surface area (Å²) in [5.41, 5.74) is 0. The van der Waals surface area contributed by atoms with Gasteiger partial charge in [0, 0.05) is 19.2 Å². The second-order valence-corrected chi connectivity index (χ2v) is 4.14. The number of nitrogens with one attached hydrogen (secondary N) is 1. The second kappa shape index (κ2) is 7.21. The Bertz CT molecular complexity index is 133. The molecule has 0 aliphatic carbocycles. The number of piperidine rings is 1. The van der Waals surface area contributed by atoms with Gasteiger partial charge in [-0.3, -0.25) is 0 Å². The van der Waals surface area contributed by atoms with Crippen LogP contribution in [0.3, 0.4) is 0 Å². The van der Waals surface area contributed by atoms with E-state index in [0.29, 0.717) is 0 Å². The Balaban J connectivity index is 1.91. The van der Waals surface area contributed by atoms with E-state index < -0.39 is 0 Å². The lowest BCUT2D eigenvalue weighted by atomic mass is 10.1. The van der Waals surface area contributed by atoms with Crippen molar-refractivity contribution in [3.8, 4) is 0 Å². The van der Waals surface area contributed by atoms with Crippen LogP contribution in [0.2, 0.25) is 0 Å². The number of hydrogen-bond donors (Lipinski definition) is 1. The van der Waals surface area contributed by atoms with Gasteiger partial charge in [0.15, 0.2) is 0 Å². The maximum absolute atomic E-state index is 5.42. The largest absolute Gasteiger partial charge is 0.380 e. The highest BCUT2D eigenvalue weighted by Crippen LogP contribution is 2.07. The van der Waals surface area contributed by atoms with E-state index in [9.17, 15) is 0 Å². The highest BCUT2D eigenvalue weighted by atomic mass is 16.5. The van der Waals surface area contributed by atoms with Gasteiger partial charge < -0.3 is 15.0 Å². The Morgan fingerprint density at radius 2 is 2.00 bits per heavy atom. The first kappa shape index (κ1) is 12.0. The van der Waals surface area contributed by atoms with Gasteiger partial charge in [0.1, 0.15) is 0 Å². The minimum atomic E-state index is 0.719. The lowest BCUT2D eigenvalue weighted by molar-refractivity contribution is 0.130. The maximum atomic E-state index is 5.42. The molecule has 14 heavy (non-hydrogen) atoms. The molecular formula is C11H24N2O. The van der Waals surface area contributed by atoms with E-state index in [-0.39, 0.29) is 0 Å². The third-order valence-corrected chi connectivity index (χ3v) is 2.75. The number of likely N-dealkylation sites (tertiary alicyclic amines) is 1. The molecule has 0 amide bonds. The van der Waals surface area contributed by atoms with Crippen molar-refractivity contribution in [2.75, 3.05) is 39.9 Å². The van der Waals surface area contributed by atoms with Crippen LogP contribution >= 0.6 is 0 Å². The van der Waals surface area contributed by atoms with Crippen molar-refractivity contribution in [1.82, 2.24) is 10.2 Å². The Hall–Kier alpha value is -0.120. The predicted octanol–water partition coefficient (Wildman–Crippen LogP) is 1.10. The van der Waals surface area contributed by atoms with Crippen molar-refractivity contribution in [3.05, 3.63) is 0 Å². The van der Waals surface area contributed by atoms with Gasteiger partial charge in [-0.15, -0.1) is 0 Å². The molecule has 3 heteroatoms. The van der Waals surface area contributed by atoms with Crippen molar-refractivity contribution >= 4 is 0 Å². The molecule has 1 aliphatic rings. The minimum absolute atomic E-state index is 0.719. The summed E-state index contributed by atoms with van der Waals surface area (Å²) in [4.78, 5) is 2.39. The van der Waals surface area contributed by atoms with Gasteiger partial charge in [-0.1, -0.05) is 6.92 Å². The van der Waals surface area contributed by atoms with E-state index in [2.05, 4.69) is 24.2 Å². The quantitative estimate of drug-likeness (QED) is 0.650. The molecule has 84 valence electrons. The van der Waals surface area contributed by atoms with Crippen LogP contribution in [0.15, 0.2) is 0 Å². The first-order chi connectivity index (χ1) is 6.83. The summed E-state index contributed by atoms with van der Waals surface area (Å²) in [5, 5.41) is 3.55. The summed E-state index contributed by atoms with van der Waals surface area (Å²) in [6.45, 7) is 7.37. The molecule has 1 saturated heterocycles. The summed E-state index contributed by atoms with van der Waals surface area (Å²) in [7, 11) is 2.20. The molecule has 0 aromatic heterocycles. The number of hydrogen-bond acceptors (Lipinski definition) is 3. The van der Waals surface area contributed by atoms with E-state index in [1.165, 1.54) is 25.9 Å². The lowest BCUT2D eigenvalue weighted by Gasteiger charge is -2.29. The molecule has 1 aliphatic heterocycles. The van der Waals surface area contributed by atoms with E-state index in [0.717, 1.165) is 32.2 Å². The Labute approximate surface area is 87.8 Å². The van der Waals surface area contributed by atoms with Crippen LogP contribution in [-0.4, -0.2) is 50.8 Å². The number of rotatable bonds is 6. The third kappa shape index (κ3) is 4.94. The Morgan fingerprint density at radius 1 is 1.29 bits per heavy atom. The highest BCUT2D eigenvalue weighted by molar-refractivity contribution is 4.74. The zero-order chi connectivity index (χ0) is 10.2. The first-order valence-electron chi connectivity index (χ1n) is 5.82. The molecule has 0 atom stereocenters. The number of nitrogens with zero attached hydrogens (tertiary/aromatic N) is 1.